The quantitative estimate of drug-likeness (QED) is 0.635. The lowest BCUT2D eigenvalue weighted by molar-refractivity contribution is -0.118. The molecule has 0 saturated heterocycles. The van der Waals surface area contributed by atoms with Crippen LogP contribution in [0.15, 0.2) is 16.6 Å². The molecule has 7 nitrogen and oxygen atoms in total. The summed E-state index contributed by atoms with van der Waals surface area (Å²) in [6, 6.07) is 3.32. The molecule has 0 heterocycles. The number of carbonyl (C=O) groups excluding carboxylic acids is 2. The average Bonchev–Trinajstić information content (AvgIpc) is 2.61. The maximum Gasteiger partial charge on any atom is 0.411 e. The summed E-state index contributed by atoms with van der Waals surface area (Å²) in [5.41, 5.74) is 6.23. The van der Waals surface area contributed by atoms with Crippen LogP contribution in [0.1, 0.15) is 52.9 Å². The number of amides is 2. The first-order valence-corrected chi connectivity index (χ1v) is 10.3. The fraction of sp³-hybridized carbons (Fsp3) is 0.600. The van der Waals surface area contributed by atoms with Gasteiger partial charge in [-0.1, -0.05) is 19.3 Å². The third-order valence-electron chi connectivity index (χ3n) is 4.56. The van der Waals surface area contributed by atoms with Gasteiger partial charge in [-0.3, -0.25) is 9.69 Å². The lowest BCUT2D eigenvalue weighted by Crippen LogP contribution is -2.47. The van der Waals surface area contributed by atoms with Crippen LogP contribution in [0.3, 0.4) is 0 Å². The smallest absolute Gasteiger partial charge is 0.411 e. The molecule has 0 aromatic heterocycles. The van der Waals surface area contributed by atoms with Crippen molar-refractivity contribution in [3.05, 3.63) is 16.6 Å². The molecule has 0 spiro atoms. The predicted octanol–water partition coefficient (Wildman–Crippen LogP) is 4.55. The topological polar surface area (TPSA) is 93.9 Å². The number of nitrogens with one attached hydrogen (secondary N) is 1. The molecule has 1 saturated carbocycles. The van der Waals surface area contributed by atoms with Gasteiger partial charge in [0.25, 0.3) is 0 Å². The molecule has 1 aromatic carbocycles. The van der Waals surface area contributed by atoms with E-state index in [4.69, 9.17) is 15.2 Å². The fourth-order valence-electron chi connectivity index (χ4n) is 3.23. The number of anilines is 2. The molecule has 0 radical (unpaired) electrons. The van der Waals surface area contributed by atoms with Gasteiger partial charge in [-0.15, -0.1) is 0 Å². The van der Waals surface area contributed by atoms with Gasteiger partial charge in [0.05, 0.1) is 23.0 Å². The van der Waals surface area contributed by atoms with Gasteiger partial charge in [-0.05, 0) is 55.6 Å². The van der Waals surface area contributed by atoms with Gasteiger partial charge in [0, 0.05) is 12.1 Å². The Bertz CT molecular complexity index is 712. The molecule has 2 rings (SSSR count). The minimum Gasteiger partial charge on any atom is -0.495 e. The minimum atomic E-state index is -0.621. The van der Waals surface area contributed by atoms with E-state index in [1.807, 2.05) is 20.8 Å². The molecule has 0 bridgehead atoms. The molecule has 3 N–H and O–H groups in total. The van der Waals surface area contributed by atoms with E-state index >= 15 is 0 Å². The number of nitrogens with zero attached hydrogens (tertiary/aromatic N) is 1. The van der Waals surface area contributed by atoms with Crippen molar-refractivity contribution in [1.29, 1.82) is 0 Å². The van der Waals surface area contributed by atoms with Crippen LogP contribution in [0.5, 0.6) is 5.75 Å². The molecule has 8 heteroatoms. The van der Waals surface area contributed by atoms with E-state index in [2.05, 4.69) is 21.2 Å². The minimum absolute atomic E-state index is 0.00570. The Kier molecular flexibility index (Phi) is 7.57. The summed E-state index contributed by atoms with van der Waals surface area (Å²) in [5, 5.41) is 2.79. The average molecular weight is 456 g/mol. The lowest BCUT2D eigenvalue weighted by atomic mass is 9.94. The number of hydrogen-bond donors (Lipinski definition) is 2. The van der Waals surface area contributed by atoms with Crippen molar-refractivity contribution < 1.29 is 19.1 Å². The Hall–Kier alpha value is -1.96. The van der Waals surface area contributed by atoms with Crippen LogP contribution in [0, 0.1) is 0 Å². The first kappa shape index (κ1) is 22.3. The van der Waals surface area contributed by atoms with Crippen molar-refractivity contribution in [3.63, 3.8) is 0 Å². The Labute approximate surface area is 175 Å². The van der Waals surface area contributed by atoms with Crippen LogP contribution in [0.2, 0.25) is 0 Å². The van der Waals surface area contributed by atoms with Crippen molar-refractivity contribution in [2.75, 3.05) is 24.7 Å². The summed E-state index contributed by atoms with van der Waals surface area (Å²) in [5.74, 6) is 0.230. The van der Waals surface area contributed by atoms with Gasteiger partial charge in [0.1, 0.15) is 17.9 Å². The maximum absolute atomic E-state index is 12.7. The fourth-order valence-corrected chi connectivity index (χ4v) is 3.76. The monoisotopic (exact) mass is 455 g/mol. The normalized spacial score (nSPS) is 15.0. The van der Waals surface area contributed by atoms with E-state index < -0.39 is 11.7 Å². The first-order chi connectivity index (χ1) is 13.1. The number of carbonyl (C=O) groups is 2. The number of nitrogens with two attached hydrogens (primary N) is 1. The third kappa shape index (κ3) is 6.29. The summed E-state index contributed by atoms with van der Waals surface area (Å²) in [4.78, 5) is 27.0. The zero-order chi connectivity index (χ0) is 20.9. The maximum atomic E-state index is 12.7. The molecule has 0 atom stereocenters. The lowest BCUT2D eigenvalue weighted by Gasteiger charge is -2.35. The first-order valence-electron chi connectivity index (χ1n) is 9.53. The third-order valence-corrected chi connectivity index (χ3v) is 5.18. The molecule has 1 aliphatic carbocycles. The summed E-state index contributed by atoms with van der Waals surface area (Å²) < 4.78 is 11.5. The van der Waals surface area contributed by atoms with Crippen LogP contribution < -0.4 is 15.8 Å². The number of hydrogen-bond acceptors (Lipinski definition) is 5. The molecular formula is C20H30BrN3O4. The van der Waals surface area contributed by atoms with Crippen molar-refractivity contribution in [3.8, 4) is 5.75 Å². The molecule has 0 unspecified atom stereocenters. The highest BCUT2D eigenvalue weighted by Gasteiger charge is 2.31. The second-order valence-electron chi connectivity index (χ2n) is 8.02. The van der Waals surface area contributed by atoms with E-state index in [1.165, 1.54) is 7.11 Å². The van der Waals surface area contributed by atoms with Gasteiger partial charge < -0.3 is 20.5 Å². The molecule has 0 aliphatic heterocycles. The van der Waals surface area contributed by atoms with E-state index in [0.717, 1.165) is 32.1 Å². The number of rotatable bonds is 5. The van der Waals surface area contributed by atoms with Crippen LogP contribution in [0.4, 0.5) is 16.2 Å². The number of benzene rings is 1. The van der Waals surface area contributed by atoms with Crippen LogP contribution >= 0.6 is 15.9 Å². The summed E-state index contributed by atoms with van der Waals surface area (Å²) >= 11 is 3.36. The van der Waals surface area contributed by atoms with Gasteiger partial charge in [-0.25, -0.2) is 4.79 Å². The molecule has 1 aliphatic rings. The Morgan fingerprint density at radius 2 is 1.89 bits per heavy atom. The van der Waals surface area contributed by atoms with Crippen LogP contribution in [0.25, 0.3) is 0 Å². The van der Waals surface area contributed by atoms with Gasteiger partial charge in [-0.2, -0.15) is 0 Å². The largest absolute Gasteiger partial charge is 0.495 e. The Balaban J connectivity index is 2.14. The van der Waals surface area contributed by atoms with Gasteiger partial charge >= 0.3 is 6.09 Å². The van der Waals surface area contributed by atoms with Crippen molar-refractivity contribution in [2.24, 2.45) is 0 Å². The van der Waals surface area contributed by atoms with Crippen molar-refractivity contribution >= 4 is 39.3 Å². The predicted molar refractivity (Wildman–Crippen MR) is 114 cm³/mol. The molecular weight excluding hydrogens is 426 g/mol. The summed E-state index contributed by atoms with van der Waals surface area (Å²) in [6.45, 7) is 5.37. The van der Waals surface area contributed by atoms with E-state index in [1.54, 1.807) is 17.0 Å². The number of halogens is 1. The molecule has 2 amide bonds. The summed E-state index contributed by atoms with van der Waals surface area (Å²) in [6.07, 6.45) is 4.53. The Morgan fingerprint density at radius 1 is 1.25 bits per heavy atom. The van der Waals surface area contributed by atoms with Crippen LogP contribution in [-0.4, -0.2) is 42.2 Å². The second kappa shape index (κ2) is 9.49. The number of nitrogen functional groups attached to an aromatic ring is 1. The van der Waals surface area contributed by atoms with E-state index in [-0.39, 0.29) is 18.5 Å². The second-order valence-corrected chi connectivity index (χ2v) is 8.88. The SMILES string of the molecule is COc1cc(NC(=O)CN(C(=O)OC(C)(C)C)C2CCCCC2)c(N)cc1Br. The number of methoxy groups -OCH3 is 1. The van der Waals surface area contributed by atoms with E-state index in [0.29, 0.717) is 21.6 Å². The van der Waals surface area contributed by atoms with Crippen LogP contribution in [-0.2, 0) is 9.53 Å². The Morgan fingerprint density at radius 3 is 2.46 bits per heavy atom. The zero-order valence-corrected chi connectivity index (χ0v) is 18.6. The highest BCUT2D eigenvalue weighted by molar-refractivity contribution is 9.10. The van der Waals surface area contributed by atoms with Crippen molar-refractivity contribution in [1.82, 2.24) is 4.90 Å². The van der Waals surface area contributed by atoms with Gasteiger partial charge in [0.2, 0.25) is 5.91 Å². The standard InChI is InChI=1S/C20H30BrN3O4/c1-20(2,3)28-19(26)24(13-8-6-5-7-9-13)12-18(25)23-16-11-17(27-4)14(21)10-15(16)22/h10-11,13H,5-9,12,22H2,1-4H3,(H,23,25). The van der Waals surface area contributed by atoms with E-state index in [9.17, 15) is 9.59 Å². The molecule has 28 heavy (non-hydrogen) atoms. The summed E-state index contributed by atoms with van der Waals surface area (Å²) in [7, 11) is 1.54. The highest BCUT2D eigenvalue weighted by atomic mass is 79.9. The zero-order valence-electron chi connectivity index (χ0n) is 17.0. The number of ether oxygens (including phenoxy) is 2. The van der Waals surface area contributed by atoms with Gasteiger partial charge in [0.15, 0.2) is 0 Å². The van der Waals surface area contributed by atoms with Crippen molar-refractivity contribution in [2.45, 2.75) is 64.5 Å². The molecule has 1 aromatic rings. The highest BCUT2D eigenvalue weighted by Crippen LogP contribution is 2.33. The molecule has 156 valence electrons. The molecule has 1 fully saturated rings.